The van der Waals surface area contributed by atoms with Crippen molar-refractivity contribution in [2.24, 2.45) is 0 Å². The van der Waals surface area contributed by atoms with E-state index in [0.29, 0.717) is 10.4 Å². The number of para-hydroxylation sites is 1. The Hall–Kier alpha value is -1.93. The molecule has 3 aromatic rings. The number of fused-ring (bicyclic) bond motifs is 3. The fourth-order valence-corrected chi connectivity index (χ4v) is 3.11. The van der Waals surface area contributed by atoms with E-state index in [9.17, 15) is 13.2 Å². The van der Waals surface area contributed by atoms with Crippen LogP contribution in [0.5, 0.6) is 0 Å². The molecule has 0 bridgehead atoms. The highest BCUT2D eigenvalue weighted by Gasteiger charge is 2.30. The van der Waals surface area contributed by atoms with Gasteiger partial charge in [-0.15, -0.1) is 0 Å². The number of benzene rings is 1. The molecule has 0 amide bonds. The van der Waals surface area contributed by atoms with Crippen molar-refractivity contribution in [1.29, 1.82) is 0 Å². The van der Waals surface area contributed by atoms with Gasteiger partial charge in [0.2, 0.25) is 4.77 Å². The Balaban J connectivity index is 2.09. The maximum atomic E-state index is 12.7. The Morgan fingerprint density at radius 3 is 2.62 bits per heavy atom. The number of aryl methyl sites for hydroxylation is 1. The van der Waals surface area contributed by atoms with Crippen LogP contribution in [0.1, 0.15) is 12.5 Å². The second-order valence-corrected chi connectivity index (χ2v) is 6.09. The van der Waals surface area contributed by atoms with Gasteiger partial charge in [0.1, 0.15) is 0 Å². The smallest absolute Gasteiger partial charge is 0.276 e. The van der Waals surface area contributed by atoms with E-state index in [2.05, 4.69) is 5.10 Å². The van der Waals surface area contributed by atoms with E-state index in [1.165, 1.54) is 9.58 Å². The van der Waals surface area contributed by atoms with E-state index in [1.54, 1.807) is 11.3 Å². The molecule has 0 aliphatic heterocycles. The van der Waals surface area contributed by atoms with Gasteiger partial charge in [0.25, 0.3) is 0 Å². The van der Waals surface area contributed by atoms with Crippen LogP contribution in [0, 0.1) is 11.7 Å². The van der Waals surface area contributed by atoms with E-state index in [0.717, 1.165) is 16.5 Å². The van der Waals surface area contributed by atoms with Crippen LogP contribution >= 0.6 is 12.2 Å². The number of rotatable bonds is 4. The molecule has 0 spiro atoms. The van der Waals surface area contributed by atoms with E-state index in [-0.39, 0.29) is 13.2 Å². The van der Waals surface area contributed by atoms with Crippen LogP contribution in [-0.2, 0) is 6.67 Å². The standard InChI is InChI=1S/C16H17F3N4S/c1-3-21(9-16(17,18)19)10-22-15(24)23-13-7-5-4-6-12(13)11(2)8-14(23)20-22/h4-8H,3,9-10H2,1-2H3. The van der Waals surface area contributed by atoms with Crippen LogP contribution in [0.3, 0.4) is 0 Å². The zero-order valence-corrected chi connectivity index (χ0v) is 14.2. The van der Waals surface area contributed by atoms with Crippen molar-refractivity contribution < 1.29 is 13.2 Å². The lowest BCUT2D eigenvalue weighted by Crippen LogP contribution is -2.35. The molecule has 0 saturated carbocycles. The molecule has 0 aliphatic rings. The van der Waals surface area contributed by atoms with Crippen molar-refractivity contribution in [3.05, 3.63) is 40.7 Å². The van der Waals surface area contributed by atoms with Crippen molar-refractivity contribution in [1.82, 2.24) is 19.1 Å². The summed E-state index contributed by atoms with van der Waals surface area (Å²) in [7, 11) is 0. The van der Waals surface area contributed by atoms with Gasteiger partial charge in [-0.25, -0.2) is 4.68 Å². The summed E-state index contributed by atoms with van der Waals surface area (Å²) in [5, 5.41) is 5.45. The average Bonchev–Trinajstić information content (AvgIpc) is 2.81. The molecule has 0 unspecified atom stereocenters. The van der Waals surface area contributed by atoms with Gasteiger partial charge in [-0.05, 0) is 43.4 Å². The molecule has 1 aromatic carbocycles. The van der Waals surface area contributed by atoms with Crippen molar-refractivity contribution in [3.8, 4) is 0 Å². The average molecular weight is 354 g/mol. The minimum Gasteiger partial charge on any atom is -0.276 e. The predicted molar refractivity (Wildman–Crippen MR) is 89.6 cm³/mol. The van der Waals surface area contributed by atoms with Gasteiger partial charge in [0, 0.05) is 5.39 Å². The molecule has 128 valence electrons. The molecule has 0 fully saturated rings. The van der Waals surface area contributed by atoms with Gasteiger partial charge in [-0.1, -0.05) is 25.1 Å². The topological polar surface area (TPSA) is 25.5 Å². The predicted octanol–water partition coefficient (Wildman–Crippen LogP) is 4.17. The summed E-state index contributed by atoms with van der Waals surface area (Å²) < 4.78 is 41.6. The van der Waals surface area contributed by atoms with Crippen LogP contribution in [-0.4, -0.2) is 38.3 Å². The Labute approximate surface area is 142 Å². The number of alkyl halides is 3. The molecule has 0 saturated heterocycles. The molecule has 4 nitrogen and oxygen atoms in total. The summed E-state index contributed by atoms with van der Waals surface area (Å²) in [5.74, 6) is 0. The monoisotopic (exact) mass is 354 g/mol. The summed E-state index contributed by atoms with van der Waals surface area (Å²) in [6, 6.07) is 9.67. The molecule has 8 heteroatoms. The molecule has 0 radical (unpaired) electrons. The lowest BCUT2D eigenvalue weighted by atomic mass is 10.1. The first-order chi connectivity index (χ1) is 11.3. The minimum absolute atomic E-state index is 0.00387. The summed E-state index contributed by atoms with van der Waals surface area (Å²) in [6.07, 6.45) is -4.25. The summed E-state index contributed by atoms with van der Waals surface area (Å²) in [5.41, 5.74) is 2.59. The number of halogens is 3. The maximum Gasteiger partial charge on any atom is 0.401 e. The number of hydrogen-bond acceptors (Lipinski definition) is 3. The summed E-state index contributed by atoms with van der Waals surface area (Å²) >= 11 is 5.46. The first-order valence-electron chi connectivity index (χ1n) is 7.57. The van der Waals surface area contributed by atoms with Gasteiger partial charge in [0.15, 0.2) is 5.65 Å². The van der Waals surface area contributed by atoms with Gasteiger partial charge >= 0.3 is 6.18 Å². The molecule has 2 aromatic heterocycles. The number of aromatic nitrogens is 3. The highest BCUT2D eigenvalue weighted by molar-refractivity contribution is 7.71. The zero-order valence-electron chi connectivity index (χ0n) is 13.3. The Morgan fingerprint density at radius 1 is 1.25 bits per heavy atom. The molecule has 0 aliphatic carbocycles. The van der Waals surface area contributed by atoms with Crippen LogP contribution < -0.4 is 0 Å². The van der Waals surface area contributed by atoms with Crippen molar-refractivity contribution in [2.75, 3.05) is 13.1 Å². The largest absolute Gasteiger partial charge is 0.401 e. The fourth-order valence-electron chi connectivity index (χ4n) is 2.81. The number of pyridine rings is 1. The van der Waals surface area contributed by atoms with Crippen molar-refractivity contribution >= 4 is 28.8 Å². The van der Waals surface area contributed by atoms with Crippen LogP contribution in [0.25, 0.3) is 16.6 Å². The Bertz CT molecular complexity index is 942. The summed E-state index contributed by atoms with van der Waals surface area (Å²) in [4.78, 5) is 1.26. The minimum atomic E-state index is -4.25. The first kappa shape index (κ1) is 16.9. The third-order valence-electron chi connectivity index (χ3n) is 3.96. The SMILES string of the molecule is CCN(Cn1nc2cc(C)c3ccccc3n2c1=S)CC(F)(F)F. The second-order valence-electron chi connectivity index (χ2n) is 5.72. The van der Waals surface area contributed by atoms with Gasteiger partial charge in [0.05, 0.1) is 18.7 Å². The van der Waals surface area contributed by atoms with E-state index in [1.807, 2.05) is 37.3 Å². The third kappa shape index (κ3) is 3.16. The molecular weight excluding hydrogens is 337 g/mol. The van der Waals surface area contributed by atoms with Crippen molar-refractivity contribution in [3.63, 3.8) is 0 Å². The quantitative estimate of drug-likeness (QED) is 0.658. The maximum absolute atomic E-state index is 12.7. The highest BCUT2D eigenvalue weighted by atomic mass is 32.1. The van der Waals surface area contributed by atoms with Crippen molar-refractivity contribution in [2.45, 2.75) is 26.7 Å². The molecule has 3 rings (SSSR count). The highest BCUT2D eigenvalue weighted by Crippen LogP contribution is 2.22. The summed E-state index contributed by atoms with van der Waals surface area (Å²) in [6.45, 7) is 2.94. The number of nitrogens with zero attached hydrogens (tertiary/aromatic N) is 4. The van der Waals surface area contributed by atoms with E-state index in [4.69, 9.17) is 12.2 Å². The van der Waals surface area contributed by atoms with Crippen LogP contribution in [0.4, 0.5) is 13.2 Å². The van der Waals surface area contributed by atoms with E-state index >= 15 is 0 Å². The molecular formula is C16H17F3N4S. The van der Waals surface area contributed by atoms with Crippen LogP contribution in [0.15, 0.2) is 30.3 Å². The normalized spacial score (nSPS) is 12.6. The fraction of sp³-hybridized carbons (Fsp3) is 0.375. The zero-order chi connectivity index (χ0) is 17.5. The Kier molecular flexibility index (Phi) is 4.35. The molecule has 0 N–H and O–H groups in total. The lowest BCUT2D eigenvalue weighted by Gasteiger charge is -2.21. The third-order valence-corrected chi connectivity index (χ3v) is 4.36. The first-order valence-corrected chi connectivity index (χ1v) is 7.98. The van der Waals surface area contributed by atoms with Crippen LogP contribution in [0.2, 0.25) is 0 Å². The lowest BCUT2D eigenvalue weighted by molar-refractivity contribution is -0.149. The van der Waals surface area contributed by atoms with Gasteiger partial charge in [-0.3, -0.25) is 9.30 Å². The van der Waals surface area contributed by atoms with Gasteiger partial charge < -0.3 is 0 Å². The molecule has 24 heavy (non-hydrogen) atoms. The molecule has 0 atom stereocenters. The number of hydrogen-bond donors (Lipinski definition) is 0. The molecule has 2 heterocycles. The van der Waals surface area contributed by atoms with E-state index < -0.39 is 12.7 Å². The second kappa shape index (κ2) is 6.18. The van der Waals surface area contributed by atoms with Gasteiger partial charge in [-0.2, -0.15) is 18.3 Å². The Morgan fingerprint density at radius 2 is 1.96 bits per heavy atom.